The fourth-order valence-electron chi connectivity index (χ4n) is 1.94. The number of aliphatic carboxylic acids is 1. The quantitative estimate of drug-likeness (QED) is 0.859. The van der Waals surface area contributed by atoms with Crippen molar-refractivity contribution < 1.29 is 9.90 Å². The van der Waals surface area contributed by atoms with Crippen molar-refractivity contribution in [1.29, 1.82) is 0 Å². The maximum Gasteiger partial charge on any atom is 0.328 e. The summed E-state index contributed by atoms with van der Waals surface area (Å²) in [4.78, 5) is 10.6. The molecule has 0 amide bonds. The zero-order valence-corrected chi connectivity index (χ0v) is 11.2. The maximum atomic E-state index is 10.6. The van der Waals surface area contributed by atoms with E-state index in [0.717, 1.165) is 34.3 Å². The number of hydrogen-bond donors (Lipinski definition) is 1. The van der Waals surface area contributed by atoms with Gasteiger partial charge in [0.1, 0.15) is 0 Å². The predicted octanol–water partition coefficient (Wildman–Crippen LogP) is 2.90. The van der Waals surface area contributed by atoms with E-state index in [0.29, 0.717) is 0 Å². The summed E-state index contributed by atoms with van der Waals surface area (Å²) in [6, 6.07) is 7.60. The molecule has 0 spiro atoms. The second-order valence-corrected chi connectivity index (χ2v) is 4.44. The molecule has 98 valence electrons. The van der Waals surface area contributed by atoms with E-state index in [1.165, 1.54) is 0 Å². The highest BCUT2D eigenvalue weighted by Crippen LogP contribution is 2.20. The molecule has 1 aromatic heterocycles. The molecule has 4 nitrogen and oxygen atoms in total. The Morgan fingerprint density at radius 3 is 2.53 bits per heavy atom. The summed E-state index contributed by atoms with van der Waals surface area (Å²) in [5.41, 5.74) is 4.91. The zero-order chi connectivity index (χ0) is 14.0. The summed E-state index contributed by atoms with van der Waals surface area (Å²) in [5.74, 6) is -0.959. The Kier molecular flexibility index (Phi) is 3.51. The highest BCUT2D eigenvalue weighted by atomic mass is 16.4. The Bertz CT molecular complexity index is 654. The molecule has 0 saturated carbocycles. The monoisotopic (exact) mass is 256 g/mol. The Labute approximate surface area is 112 Å². The van der Waals surface area contributed by atoms with Crippen LogP contribution in [0.5, 0.6) is 0 Å². The Morgan fingerprint density at radius 2 is 1.95 bits per heavy atom. The van der Waals surface area contributed by atoms with E-state index in [1.54, 1.807) is 6.08 Å². The van der Waals surface area contributed by atoms with Crippen LogP contribution in [0.2, 0.25) is 0 Å². The van der Waals surface area contributed by atoms with Crippen LogP contribution in [0.4, 0.5) is 0 Å². The van der Waals surface area contributed by atoms with Gasteiger partial charge in [0.05, 0.1) is 11.4 Å². The lowest BCUT2D eigenvalue weighted by atomic mass is 10.1. The van der Waals surface area contributed by atoms with Crippen LogP contribution in [0.25, 0.3) is 11.8 Å². The first kappa shape index (κ1) is 13.1. The van der Waals surface area contributed by atoms with Crippen molar-refractivity contribution in [3.63, 3.8) is 0 Å². The lowest BCUT2D eigenvalue weighted by Gasteiger charge is -2.08. The third-order valence-electron chi connectivity index (χ3n) is 3.22. The number of aromatic nitrogens is 2. The van der Waals surface area contributed by atoms with Crippen molar-refractivity contribution in [3.05, 3.63) is 52.9 Å². The van der Waals surface area contributed by atoms with E-state index in [-0.39, 0.29) is 0 Å². The van der Waals surface area contributed by atoms with Crippen LogP contribution in [0.3, 0.4) is 0 Å². The van der Waals surface area contributed by atoms with Gasteiger partial charge < -0.3 is 5.11 Å². The number of rotatable bonds is 3. The van der Waals surface area contributed by atoms with Crippen LogP contribution in [-0.2, 0) is 4.79 Å². The largest absolute Gasteiger partial charge is 0.478 e. The lowest BCUT2D eigenvalue weighted by molar-refractivity contribution is -0.131. The average molecular weight is 256 g/mol. The van der Waals surface area contributed by atoms with Crippen LogP contribution < -0.4 is 0 Å². The lowest BCUT2D eigenvalue weighted by Crippen LogP contribution is -2.01. The average Bonchev–Trinajstić information content (AvgIpc) is 2.64. The van der Waals surface area contributed by atoms with E-state index in [2.05, 4.69) is 5.10 Å². The van der Waals surface area contributed by atoms with Gasteiger partial charge in [0.15, 0.2) is 0 Å². The molecular formula is C15H16N2O2. The van der Waals surface area contributed by atoms with Crippen molar-refractivity contribution in [2.24, 2.45) is 0 Å². The highest BCUT2D eigenvalue weighted by molar-refractivity contribution is 5.86. The third-order valence-corrected chi connectivity index (χ3v) is 3.22. The predicted molar refractivity (Wildman–Crippen MR) is 74.4 cm³/mol. The number of nitrogens with zero attached hydrogens (tertiary/aromatic N) is 2. The van der Waals surface area contributed by atoms with Gasteiger partial charge in [-0.15, -0.1) is 0 Å². The van der Waals surface area contributed by atoms with E-state index in [4.69, 9.17) is 5.11 Å². The maximum absolute atomic E-state index is 10.6. The first-order chi connectivity index (χ1) is 9.00. The van der Waals surface area contributed by atoms with Gasteiger partial charge in [-0.3, -0.25) is 0 Å². The van der Waals surface area contributed by atoms with Crippen molar-refractivity contribution in [2.45, 2.75) is 20.8 Å². The summed E-state index contributed by atoms with van der Waals surface area (Å²) in [5, 5.41) is 13.2. The Morgan fingerprint density at radius 1 is 1.26 bits per heavy atom. The van der Waals surface area contributed by atoms with Crippen LogP contribution in [0.1, 0.15) is 22.5 Å². The van der Waals surface area contributed by atoms with Crippen LogP contribution in [-0.4, -0.2) is 20.9 Å². The molecule has 1 heterocycles. The van der Waals surface area contributed by atoms with Crippen LogP contribution in [0.15, 0.2) is 30.3 Å². The molecule has 0 fully saturated rings. The zero-order valence-electron chi connectivity index (χ0n) is 11.2. The molecule has 0 saturated heterocycles. The summed E-state index contributed by atoms with van der Waals surface area (Å²) in [6.07, 6.45) is 2.72. The number of para-hydroxylation sites is 1. The topological polar surface area (TPSA) is 55.1 Å². The first-order valence-electron chi connectivity index (χ1n) is 6.04. The van der Waals surface area contributed by atoms with E-state index in [9.17, 15) is 4.79 Å². The summed E-state index contributed by atoms with van der Waals surface area (Å²) in [6.45, 7) is 6.01. The number of benzene rings is 1. The fourth-order valence-corrected chi connectivity index (χ4v) is 1.94. The van der Waals surface area contributed by atoms with Crippen molar-refractivity contribution in [1.82, 2.24) is 9.78 Å². The second kappa shape index (κ2) is 5.10. The number of carboxylic acids is 1. The number of hydrogen-bond acceptors (Lipinski definition) is 2. The van der Waals surface area contributed by atoms with E-state index >= 15 is 0 Å². The molecule has 4 heteroatoms. The number of carboxylic acid groups (broad SMARTS) is 1. The van der Waals surface area contributed by atoms with Gasteiger partial charge in [-0.25, -0.2) is 9.48 Å². The SMILES string of the molecule is Cc1nn(-c2ccccc2C=CC(=O)O)c(C)c1C. The molecule has 0 radical (unpaired) electrons. The first-order valence-corrected chi connectivity index (χ1v) is 6.04. The van der Waals surface area contributed by atoms with Gasteiger partial charge in [0, 0.05) is 17.3 Å². The summed E-state index contributed by atoms with van der Waals surface area (Å²) < 4.78 is 1.85. The van der Waals surface area contributed by atoms with Crippen molar-refractivity contribution in [3.8, 4) is 5.69 Å². The van der Waals surface area contributed by atoms with Gasteiger partial charge >= 0.3 is 5.97 Å². The third kappa shape index (κ3) is 2.57. The Hall–Kier alpha value is -2.36. The molecule has 1 aromatic carbocycles. The molecule has 2 aromatic rings. The Balaban J connectivity index is 2.56. The standard InChI is InChI=1S/C15H16N2O2/c1-10-11(2)16-17(12(10)3)14-7-5-4-6-13(14)8-9-15(18)19/h4-9H,1-3H3,(H,18,19). The van der Waals surface area contributed by atoms with Gasteiger partial charge in [0.2, 0.25) is 0 Å². The fraction of sp³-hybridized carbons (Fsp3) is 0.200. The minimum atomic E-state index is -0.959. The molecule has 19 heavy (non-hydrogen) atoms. The highest BCUT2D eigenvalue weighted by Gasteiger charge is 2.10. The van der Waals surface area contributed by atoms with Crippen molar-refractivity contribution >= 4 is 12.0 Å². The smallest absolute Gasteiger partial charge is 0.328 e. The normalized spacial score (nSPS) is 11.1. The van der Waals surface area contributed by atoms with Crippen LogP contribution in [0, 0.1) is 20.8 Å². The molecular weight excluding hydrogens is 240 g/mol. The molecule has 0 bridgehead atoms. The molecule has 1 N–H and O–H groups in total. The molecule has 0 unspecified atom stereocenters. The van der Waals surface area contributed by atoms with E-state index in [1.807, 2.05) is 49.7 Å². The number of aryl methyl sites for hydroxylation is 1. The van der Waals surface area contributed by atoms with E-state index < -0.39 is 5.97 Å². The molecule has 0 aliphatic carbocycles. The molecule has 0 aliphatic heterocycles. The van der Waals surface area contributed by atoms with Gasteiger partial charge in [-0.1, -0.05) is 18.2 Å². The number of carbonyl (C=O) groups is 1. The minimum absolute atomic E-state index is 0.829. The summed E-state index contributed by atoms with van der Waals surface area (Å²) >= 11 is 0. The summed E-state index contributed by atoms with van der Waals surface area (Å²) in [7, 11) is 0. The van der Waals surface area contributed by atoms with Crippen molar-refractivity contribution in [2.75, 3.05) is 0 Å². The van der Waals surface area contributed by atoms with Gasteiger partial charge in [0.25, 0.3) is 0 Å². The molecule has 0 atom stereocenters. The van der Waals surface area contributed by atoms with Crippen LogP contribution >= 0.6 is 0 Å². The molecule has 0 aliphatic rings. The minimum Gasteiger partial charge on any atom is -0.478 e. The molecule has 2 rings (SSSR count). The van der Waals surface area contributed by atoms with Gasteiger partial charge in [-0.05, 0) is 38.5 Å². The van der Waals surface area contributed by atoms with Gasteiger partial charge in [-0.2, -0.15) is 5.10 Å². The second-order valence-electron chi connectivity index (χ2n) is 4.44.